The van der Waals surface area contributed by atoms with Crippen molar-refractivity contribution in [1.29, 1.82) is 0 Å². The highest BCUT2D eigenvalue weighted by molar-refractivity contribution is 7.14. The first-order chi connectivity index (χ1) is 12.0. The van der Waals surface area contributed by atoms with Gasteiger partial charge >= 0.3 is 6.03 Å². The van der Waals surface area contributed by atoms with Gasteiger partial charge in [-0.05, 0) is 31.5 Å². The third kappa shape index (κ3) is 3.69. The van der Waals surface area contributed by atoms with Gasteiger partial charge in [0.05, 0.1) is 11.2 Å². The number of nitrogens with one attached hydrogen (secondary N) is 1. The minimum atomic E-state index is -0.434. The molecule has 0 spiro atoms. The van der Waals surface area contributed by atoms with Crippen LogP contribution in [0.2, 0.25) is 0 Å². The summed E-state index contributed by atoms with van der Waals surface area (Å²) >= 11 is 1.41. The van der Waals surface area contributed by atoms with Crippen molar-refractivity contribution in [2.45, 2.75) is 19.4 Å². The summed E-state index contributed by atoms with van der Waals surface area (Å²) in [4.78, 5) is 22.8. The normalized spacial score (nSPS) is 11.2. The second kappa shape index (κ2) is 7.03. The van der Waals surface area contributed by atoms with Crippen molar-refractivity contribution in [3.05, 3.63) is 65.8 Å². The minimum Gasteiger partial charge on any atom is -0.318 e. The van der Waals surface area contributed by atoms with E-state index in [1.807, 2.05) is 61.7 Å². The Morgan fingerprint density at radius 2 is 1.80 bits per heavy atom. The second-order valence-corrected chi connectivity index (χ2v) is 7.05. The van der Waals surface area contributed by atoms with Crippen molar-refractivity contribution < 1.29 is 4.79 Å². The minimum absolute atomic E-state index is 0.190. The van der Waals surface area contributed by atoms with E-state index < -0.39 is 5.54 Å². The van der Waals surface area contributed by atoms with Crippen LogP contribution in [0.1, 0.15) is 19.4 Å². The highest BCUT2D eigenvalue weighted by Crippen LogP contribution is 2.28. The van der Waals surface area contributed by atoms with Gasteiger partial charge in [0.15, 0.2) is 5.13 Å². The Morgan fingerprint density at radius 3 is 2.48 bits per heavy atom. The van der Waals surface area contributed by atoms with E-state index in [2.05, 4.69) is 15.3 Å². The van der Waals surface area contributed by atoms with Crippen LogP contribution in [0, 0.1) is 0 Å². The summed E-state index contributed by atoms with van der Waals surface area (Å²) in [5, 5.41) is 5.39. The maximum absolute atomic E-state index is 12.6. The van der Waals surface area contributed by atoms with E-state index in [0.29, 0.717) is 5.13 Å². The molecule has 0 radical (unpaired) electrons. The van der Waals surface area contributed by atoms with Gasteiger partial charge in [-0.2, -0.15) is 0 Å². The number of hydrogen-bond donors (Lipinski definition) is 1. The number of thiazole rings is 1. The van der Waals surface area contributed by atoms with Gasteiger partial charge in [-0.3, -0.25) is 10.3 Å². The van der Waals surface area contributed by atoms with Crippen molar-refractivity contribution in [3.63, 3.8) is 0 Å². The summed E-state index contributed by atoms with van der Waals surface area (Å²) in [5.74, 6) is 0. The monoisotopic (exact) mass is 352 g/mol. The number of carbonyl (C=O) groups excluding carboxylic acids is 1. The van der Waals surface area contributed by atoms with Crippen LogP contribution in [-0.2, 0) is 5.54 Å². The quantitative estimate of drug-likeness (QED) is 0.746. The van der Waals surface area contributed by atoms with Crippen LogP contribution in [-0.4, -0.2) is 27.9 Å². The zero-order valence-corrected chi connectivity index (χ0v) is 15.2. The second-order valence-electron chi connectivity index (χ2n) is 6.19. The summed E-state index contributed by atoms with van der Waals surface area (Å²) in [6.07, 6.45) is 3.45. The highest BCUT2D eigenvalue weighted by atomic mass is 32.1. The summed E-state index contributed by atoms with van der Waals surface area (Å²) < 4.78 is 0. The summed E-state index contributed by atoms with van der Waals surface area (Å²) in [5.41, 5.74) is 2.44. The molecule has 5 nitrogen and oxygen atoms in total. The van der Waals surface area contributed by atoms with Crippen LogP contribution in [0.5, 0.6) is 0 Å². The van der Waals surface area contributed by atoms with Crippen LogP contribution in [0.15, 0.2) is 60.2 Å². The smallest absolute Gasteiger partial charge is 0.318 e. The Balaban J connectivity index is 1.73. The van der Waals surface area contributed by atoms with Crippen LogP contribution in [0.3, 0.4) is 0 Å². The zero-order chi connectivity index (χ0) is 17.9. The molecule has 1 N–H and O–H groups in total. The number of nitrogens with zero attached hydrogens (tertiary/aromatic N) is 3. The third-order valence-electron chi connectivity index (χ3n) is 4.32. The Labute approximate surface area is 151 Å². The summed E-state index contributed by atoms with van der Waals surface area (Å²) in [7, 11) is 1.79. The van der Waals surface area contributed by atoms with Crippen LogP contribution >= 0.6 is 11.3 Å². The lowest BCUT2D eigenvalue weighted by Crippen LogP contribution is -2.44. The lowest BCUT2D eigenvalue weighted by Gasteiger charge is -2.35. The van der Waals surface area contributed by atoms with Crippen LogP contribution in [0.25, 0.3) is 11.3 Å². The molecule has 3 aromatic rings. The molecular formula is C19H20N4OS. The first kappa shape index (κ1) is 17.1. The largest absolute Gasteiger partial charge is 0.324 e. The number of amides is 2. The molecule has 25 heavy (non-hydrogen) atoms. The van der Waals surface area contributed by atoms with E-state index in [4.69, 9.17) is 0 Å². The first-order valence-corrected chi connectivity index (χ1v) is 8.83. The van der Waals surface area contributed by atoms with Gasteiger partial charge in [-0.1, -0.05) is 30.3 Å². The van der Waals surface area contributed by atoms with Crippen molar-refractivity contribution in [2.24, 2.45) is 0 Å². The van der Waals surface area contributed by atoms with Gasteiger partial charge in [0.2, 0.25) is 0 Å². The fourth-order valence-corrected chi connectivity index (χ4v) is 3.16. The number of rotatable bonds is 4. The number of anilines is 1. The predicted molar refractivity (Wildman–Crippen MR) is 102 cm³/mol. The number of hydrogen-bond acceptors (Lipinski definition) is 4. The number of carbonyl (C=O) groups is 1. The molecule has 128 valence electrons. The molecule has 0 fully saturated rings. The predicted octanol–water partition coefficient (Wildman–Crippen LogP) is 4.60. The number of pyridine rings is 1. The van der Waals surface area contributed by atoms with Crippen molar-refractivity contribution in [2.75, 3.05) is 12.4 Å². The fourth-order valence-electron chi connectivity index (χ4n) is 2.46. The average Bonchev–Trinajstić information content (AvgIpc) is 3.11. The standard InChI is InChI=1S/C19H20N4OS/c1-19(2,15-7-5-4-6-8-15)23(3)18(24)22-17-21-16(13-25-17)14-9-11-20-12-10-14/h4-13H,1-3H3,(H,21,22,24). The van der Waals surface area contributed by atoms with Gasteiger partial charge < -0.3 is 4.90 Å². The third-order valence-corrected chi connectivity index (χ3v) is 5.08. The van der Waals surface area contributed by atoms with Gasteiger partial charge in [-0.25, -0.2) is 9.78 Å². The van der Waals surface area contributed by atoms with Crippen molar-refractivity contribution in [3.8, 4) is 11.3 Å². The lowest BCUT2D eigenvalue weighted by molar-refractivity contribution is 0.168. The molecule has 0 unspecified atom stereocenters. The number of aromatic nitrogens is 2. The van der Waals surface area contributed by atoms with Crippen molar-refractivity contribution in [1.82, 2.24) is 14.9 Å². The molecule has 1 aromatic carbocycles. The zero-order valence-electron chi connectivity index (χ0n) is 14.4. The molecule has 2 heterocycles. The highest BCUT2D eigenvalue weighted by Gasteiger charge is 2.29. The molecule has 2 amide bonds. The number of urea groups is 1. The maximum Gasteiger partial charge on any atom is 0.324 e. The van der Waals surface area contributed by atoms with Crippen LogP contribution in [0.4, 0.5) is 9.93 Å². The Morgan fingerprint density at radius 1 is 1.12 bits per heavy atom. The molecule has 3 rings (SSSR count). The fraction of sp³-hybridized carbons (Fsp3) is 0.211. The Kier molecular flexibility index (Phi) is 4.81. The number of benzene rings is 1. The molecule has 0 aliphatic heterocycles. The van der Waals surface area contributed by atoms with Crippen molar-refractivity contribution >= 4 is 22.5 Å². The molecule has 0 bridgehead atoms. The van der Waals surface area contributed by atoms with Gasteiger partial charge in [0.1, 0.15) is 0 Å². The SMILES string of the molecule is CN(C(=O)Nc1nc(-c2ccncc2)cs1)C(C)(C)c1ccccc1. The van der Waals surface area contributed by atoms with E-state index >= 15 is 0 Å². The lowest BCUT2D eigenvalue weighted by atomic mass is 9.93. The van der Waals surface area contributed by atoms with E-state index in [1.165, 1.54) is 11.3 Å². The molecule has 2 aromatic heterocycles. The maximum atomic E-state index is 12.6. The molecule has 0 atom stereocenters. The van der Waals surface area contributed by atoms with Gasteiger partial charge in [0.25, 0.3) is 0 Å². The molecular weight excluding hydrogens is 332 g/mol. The van der Waals surface area contributed by atoms with E-state index in [0.717, 1.165) is 16.8 Å². The average molecular weight is 352 g/mol. The summed E-state index contributed by atoms with van der Waals surface area (Å²) in [6.45, 7) is 4.04. The topological polar surface area (TPSA) is 58.1 Å². The summed E-state index contributed by atoms with van der Waals surface area (Å²) in [6, 6.07) is 13.6. The van der Waals surface area contributed by atoms with E-state index in [1.54, 1.807) is 24.3 Å². The van der Waals surface area contributed by atoms with E-state index in [9.17, 15) is 4.79 Å². The first-order valence-electron chi connectivity index (χ1n) is 7.95. The molecule has 0 aliphatic carbocycles. The molecule has 0 saturated heterocycles. The Bertz CT molecular complexity index is 846. The molecule has 0 aliphatic rings. The van der Waals surface area contributed by atoms with E-state index in [-0.39, 0.29) is 6.03 Å². The Hall–Kier alpha value is -2.73. The van der Waals surface area contributed by atoms with Gasteiger partial charge in [0, 0.05) is 30.4 Å². The van der Waals surface area contributed by atoms with Gasteiger partial charge in [-0.15, -0.1) is 11.3 Å². The molecule has 0 saturated carbocycles. The van der Waals surface area contributed by atoms with Crippen LogP contribution < -0.4 is 5.32 Å². The molecule has 6 heteroatoms.